The second-order valence-corrected chi connectivity index (χ2v) is 5.19. The van der Waals surface area contributed by atoms with Crippen LogP contribution in [-0.2, 0) is 6.42 Å². The molecule has 2 heterocycles. The van der Waals surface area contributed by atoms with Crippen molar-refractivity contribution in [3.05, 3.63) is 24.5 Å². The van der Waals surface area contributed by atoms with Gasteiger partial charge in [0.2, 0.25) is 11.7 Å². The lowest BCUT2D eigenvalue weighted by molar-refractivity contribution is 0.340. The first-order chi connectivity index (χ1) is 9.69. The van der Waals surface area contributed by atoms with Crippen LogP contribution in [0.4, 0.5) is 0 Å². The Labute approximate surface area is 119 Å². The highest BCUT2D eigenvalue weighted by molar-refractivity contribution is 5.46. The van der Waals surface area contributed by atoms with Gasteiger partial charge in [0.15, 0.2) is 0 Å². The van der Waals surface area contributed by atoms with Gasteiger partial charge in [0.1, 0.15) is 12.0 Å². The lowest BCUT2D eigenvalue weighted by atomic mass is 10.0. The molecule has 108 valence electrons. The average Bonchev–Trinajstić information content (AvgIpc) is 2.88. The van der Waals surface area contributed by atoms with E-state index in [4.69, 9.17) is 4.52 Å². The quantitative estimate of drug-likeness (QED) is 0.833. The molecule has 2 rings (SSSR count). The molecule has 1 unspecified atom stereocenters. The molecule has 0 aliphatic heterocycles. The van der Waals surface area contributed by atoms with Crippen molar-refractivity contribution in [2.75, 3.05) is 6.54 Å². The van der Waals surface area contributed by atoms with E-state index in [-0.39, 0.29) is 0 Å². The lowest BCUT2D eigenvalue weighted by Gasteiger charge is -2.17. The molecule has 0 amide bonds. The molecule has 0 fully saturated rings. The number of rotatable bonds is 7. The Bertz CT molecular complexity index is 511. The molecule has 20 heavy (non-hydrogen) atoms. The number of nitrogens with one attached hydrogen (secondary N) is 1. The van der Waals surface area contributed by atoms with Gasteiger partial charge in [0.05, 0.1) is 0 Å². The van der Waals surface area contributed by atoms with Gasteiger partial charge in [-0.3, -0.25) is 0 Å². The van der Waals surface area contributed by atoms with Gasteiger partial charge in [-0.25, -0.2) is 9.97 Å². The minimum atomic E-state index is 0.360. The first-order valence-electron chi connectivity index (χ1n) is 7.01. The minimum absolute atomic E-state index is 0.360. The summed E-state index contributed by atoms with van der Waals surface area (Å²) >= 11 is 0. The van der Waals surface area contributed by atoms with E-state index < -0.39 is 0 Å². The second-order valence-electron chi connectivity index (χ2n) is 5.19. The predicted octanol–water partition coefficient (Wildman–Crippen LogP) is 2.09. The van der Waals surface area contributed by atoms with Crippen LogP contribution in [0, 0.1) is 5.92 Å². The highest BCUT2D eigenvalue weighted by Crippen LogP contribution is 2.14. The number of likely N-dealkylation sites (N-methyl/N-ethyl adjacent to an activating group) is 1. The third-order valence-electron chi connectivity index (χ3n) is 2.95. The fraction of sp³-hybridized carbons (Fsp3) is 0.571. The van der Waals surface area contributed by atoms with Crippen molar-refractivity contribution in [2.24, 2.45) is 5.92 Å². The van der Waals surface area contributed by atoms with Crippen molar-refractivity contribution in [2.45, 2.75) is 39.7 Å². The smallest absolute Gasteiger partial charge is 0.228 e. The standard InChI is InChI=1S/C14H21N5O/c1-4-16-11(7-10(2)3)8-13-18-14(19-20-13)12-5-6-15-9-17-12/h5-6,9-11,16H,4,7-8H2,1-3H3. The Morgan fingerprint density at radius 3 is 2.85 bits per heavy atom. The lowest BCUT2D eigenvalue weighted by Crippen LogP contribution is -2.32. The predicted molar refractivity (Wildman–Crippen MR) is 75.9 cm³/mol. The minimum Gasteiger partial charge on any atom is -0.339 e. The maximum atomic E-state index is 5.32. The molecular weight excluding hydrogens is 254 g/mol. The summed E-state index contributed by atoms with van der Waals surface area (Å²) < 4.78 is 5.32. The highest BCUT2D eigenvalue weighted by atomic mass is 16.5. The molecule has 6 heteroatoms. The van der Waals surface area contributed by atoms with Crippen LogP contribution in [0.2, 0.25) is 0 Å². The highest BCUT2D eigenvalue weighted by Gasteiger charge is 2.16. The molecule has 1 N–H and O–H groups in total. The van der Waals surface area contributed by atoms with Crippen molar-refractivity contribution in [3.8, 4) is 11.5 Å². The van der Waals surface area contributed by atoms with Crippen LogP contribution in [0.5, 0.6) is 0 Å². The van der Waals surface area contributed by atoms with Gasteiger partial charge >= 0.3 is 0 Å². The summed E-state index contributed by atoms with van der Waals surface area (Å²) in [5.41, 5.74) is 0.680. The largest absolute Gasteiger partial charge is 0.339 e. The maximum Gasteiger partial charge on any atom is 0.228 e. The third-order valence-corrected chi connectivity index (χ3v) is 2.95. The Balaban J connectivity index is 2.04. The van der Waals surface area contributed by atoms with E-state index in [1.807, 2.05) is 0 Å². The van der Waals surface area contributed by atoms with Crippen LogP contribution < -0.4 is 5.32 Å². The second kappa shape index (κ2) is 7.09. The molecule has 2 aromatic heterocycles. The molecule has 1 atom stereocenters. The molecule has 0 saturated carbocycles. The molecule has 0 radical (unpaired) electrons. The summed E-state index contributed by atoms with van der Waals surface area (Å²) in [6.07, 6.45) is 4.97. The van der Waals surface area contributed by atoms with Crippen molar-refractivity contribution in [1.82, 2.24) is 25.4 Å². The average molecular weight is 275 g/mol. The maximum absolute atomic E-state index is 5.32. The van der Waals surface area contributed by atoms with Crippen LogP contribution in [-0.4, -0.2) is 32.7 Å². The first-order valence-corrected chi connectivity index (χ1v) is 7.01. The number of hydrogen-bond acceptors (Lipinski definition) is 6. The number of hydrogen-bond donors (Lipinski definition) is 1. The Hall–Kier alpha value is -1.82. The number of aromatic nitrogens is 4. The fourth-order valence-corrected chi connectivity index (χ4v) is 2.17. The van der Waals surface area contributed by atoms with E-state index in [1.54, 1.807) is 12.3 Å². The van der Waals surface area contributed by atoms with Crippen molar-refractivity contribution < 1.29 is 4.52 Å². The zero-order valence-electron chi connectivity index (χ0n) is 12.2. The molecule has 0 aromatic carbocycles. The summed E-state index contributed by atoms with van der Waals surface area (Å²) in [5, 5.41) is 7.43. The van der Waals surface area contributed by atoms with E-state index in [0.717, 1.165) is 19.4 Å². The van der Waals surface area contributed by atoms with E-state index in [0.29, 0.717) is 29.4 Å². The zero-order chi connectivity index (χ0) is 14.4. The van der Waals surface area contributed by atoms with Crippen LogP contribution in [0.3, 0.4) is 0 Å². The van der Waals surface area contributed by atoms with Gasteiger partial charge < -0.3 is 9.84 Å². The van der Waals surface area contributed by atoms with Crippen LogP contribution in [0.1, 0.15) is 33.1 Å². The first kappa shape index (κ1) is 14.6. The van der Waals surface area contributed by atoms with Crippen molar-refractivity contribution >= 4 is 0 Å². The summed E-state index contributed by atoms with van der Waals surface area (Å²) in [6.45, 7) is 7.46. The SMILES string of the molecule is CCNC(Cc1nc(-c2ccncn2)no1)CC(C)C. The van der Waals surface area contributed by atoms with Gasteiger partial charge in [0, 0.05) is 18.7 Å². The van der Waals surface area contributed by atoms with Gasteiger partial charge in [-0.2, -0.15) is 4.98 Å². The van der Waals surface area contributed by atoms with Gasteiger partial charge in [-0.15, -0.1) is 0 Å². The van der Waals surface area contributed by atoms with E-state index in [1.165, 1.54) is 6.33 Å². The van der Waals surface area contributed by atoms with E-state index in [9.17, 15) is 0 Å². The van der Waals surface area contributed by atoms with Crippen LogP contribution in [0.25, 0.3) is 11.5 Å². The summed E-state index contributed by atoms with van der Waals surface area (Å²) in [4.78, 5) is 12.4. The zero-order valence-corrected chi connectivity index (χ0v) is 12.2. The Kier molecular flexibility index (Phi) is 5.17. The molecule has 0 aliphatic rings. The molecule has 6 nitrogen and oxygen atoms in total. The molecular formula is C14H21N5O. The van der Waals surface area contributed by atoms with Crippen LogP contribution >= 0.6 is 0 Å². The summed E-state index contributed by atoms with van der Waals surface area (Å²) in [5.74, 6) is 1.79. The monoisotopic (exact) mass is 275 g/mol. The van der Waals surface area contributed by atoms with Crippen molar-refractivity contribution in [3.63, 3.8) is 0 Å². The fourth-order valence-electron chi connectivity index (χ4n) is 2.17. The third kappa shape index (κ3) is 4.09. The molecule has 0 bridgehead atoms. The Morgan fingerprint density at radius 1 is 1.35 bits per heavy atom. The van der Waals surface area contributed by atoms with E-state index >= 15 is 0 Å². The topological polar surface area (TPSA) is 76.7 Å². The normalized spacial score (nSPS) is 12.8. The van der Waals surface area contributed by atoms with Gasteiger partial charge in [-0.05, 0) is 24.9 Å². The molecule has 0 aliphatic carbocycles. The molecule has 0 spiro atoms. The van der Waals surface area contributed by atoms with Gasteiger partial charge in [0.25, 0.3) is 0 Å². The molecule has 2 aromatic rings. The van der Waals surface area contributed by atoms with E-state index in [2.05, 4.69) is 46.2 Å². The summed E-state index contributed by atoms with van der Waals surface area (Å²) in [6, 6.07) is 2.13. The van der Waals surface area contributed by atoms with Crippen LogP contribution in [0.15, 0.2) is 23.1 Å². The van der Waals surface area contributed by atoms with Crippen molar-refractivity contribution in [1.29, 1.82) is 0 Å². The van der Waals surface area contributed by atoms with Gasteiger partial charge in [-0.1, -0.05) is 25.9 Å². The summed E-state index contributed by atoms with van der Waals surface area (Å²) in [7, 11) is 0. The molecule has 0 saturated heterocycles. The Morgan fingerprint density at radius 2 is 2.20 bits per heavy atom. The number of nitrogens with zero attached hydrogens (tertiary/aromatic N) is 4.